The first-order valence-electron chi connectivity index (χ1n) is 9.29. The van der Waals surface area contributed by atoms with Crippen LogP contribution in [0.4, 0.5) is 0 Å². The lowest BCUT2D eigenvalue weighted by Crippen LogP contribution is -2.40. The molecule has 7 nitrogen and oxygen atoms in total. The summed E-state index contributed by atoms with van der Waals surface area (Å²) in [7, 11) is 0. The monoisotopic (exact) mass is 381 g/mol. The molecule has 1 heterocycles. The molecule has 1 aliphatic rings. The fourth-order valence-corrected chi connectivity index (χ4v) is 2.87. The Bertz CT molecular complexity index is 584. The van der Waals surface area contributed by atoms with Crippen LogP contribution in [-0.2, 0) is 9.59 Å². The Morgan fingerprint density at radius 2 is 1.70 bits per heavy atom. The number of carboxylic acids is 2. The molecule has 1 aromatic carbocycles. The highest BCUT2D eigenvalue weighted by Crippen LogP contribution is 2.26. The van der Waals surface area contributed by atoms with Gasteiger partial charge in [-0.05, 0) is 49.4 Å². The van der Waals surface area contributed by atoms with Crippen molar-refractivity contribution in [2.24, 2.45) is 5.92 Å². The zero-order valence-electron chi connectivity index (χ0n) is 16.3. The Hall–Kier alpha value is -2.12. The number of aliphatic hydroxyl groups excluding tert-OH is 1. The second-order valence-electron chi connectivity index (χ2n) is 7.25. The molecule has 1 fully saturated rings. The smallest absolute Gasteiger partial charge is 0.414 e. The van der Waals surface area contributed by atoms with E-state index in [1.54, 1.807) is 0 Å². The lowest BCUT2D eigenvalue weighted by molar-refractivity contribution is -0.159. The summed E-state index contributed by atoms with van der Waals surface area (Å²) in [4.78, 5) is 20.5. The molecule has 3 N–H and O–H groups in total. The van der Waals surface area contributed by atoms with Crippen LogP contribution in [-0.4, -0.2) is 64.5 Å². The van der Waals surface area contributed by atoms with Gasteiger partial charge in [-0.25, -0.2) is 9.59 Å². The number of piperidine rings is 1. The van der Waals surface area contributed by atoms with Gasteiger partial charge in [-0.15, -0.1) is 0 Å². The molecule has 0 bridgehead atoms. The molecule has 7 heteroatoms. The van der Waals surface area contributed by atoms with Crippen molar-refractivity contribution in [3.63, 3.8) is 0 Å². The van der Waals surface area contributed by atoms with Crippen molar-refractivity contribution in [3.05, 3.63) is 29.8 Å². The molecule has 27 heavy (non-hydrogen) atoms. The van der Waals surface area contributed by atoms with Crippen LogP contribution in [0.5, 0.6) is 5.75 Å². The first-order valence-corrected chi connectivity index (χ1v) is 9.29. The Labute approximate surface area is 160 Å². The number of ether oxygens (including phenoxy) is 1. The van der Waals surface area contributed by atoms with E-state index in [4.69, 9.17) is 24.5 Å². The number of hydrogen-bond acceptors (Lipinski definition) is 5. The van der Waals surface area contributed by atoms with Gasteiger partial charge in [0.1, 0.15) is 18.5 Å². The highest BCUT2D eigenvalue weighted by atomic mass is 16.5. The Balaban J connectivity index is 0.000000527. The van der Waals surface area contributed by atoms with Gasteiger partial charge in [0.25, 0.3) is 0 Å². The molecule has 0 spiro atoms. The van der Waals surface area contributed by atoms with Gasteiger partial charge >= 0.3 is 11.9 Å². The number of hydrogen-bond donors (Lipinski definition) is 3. The molecule has 0 aromatic heterocycles. The predicted molar refractivity (Wildman–Crippen MR) is 102 cm³/mol. The van der Waals surface area contributed by atoms with Crippen LogP contribution >= 0.6 is 0 Å². The molecule has 0 aliphatic carbocycles. The average molecular weight is 381 g/mol. The molecule has 1 aliphatic heterocycles. The van der Waals surface area contributed by atoms with Crippen molar-refractivity contribution in [3.8, 4) is 5.75 Å². The second-order valence-corrected chi connectivity index (χ2v) is 7.25. The maximum Gasteiger partial charge on any atom is 0.414 e. The van der Waals surface area contributed by atoms with Gasteiger partial charge in [-0.1, -0.05) is 39.0 Å². The van der Waals surface area contributed by atoms with E-state index in [-0.39, 0.29) is 0 Å². The van der Waals surface area contributed by atoms with Gasteiger partial charge in [0.15, 0.2) is 0 Å². The summed E-state index contributed by atoms with van der Waals surface area (Å²) in [5.74, 6) is -1.49. The molecule has 1 saturated heterocycles. The van der Waals surface area contributed by atoms with Gasteiger partial charge in [-0.2, -0.15) is 0 Å². The van der Waals surface area contributed by atoms with E-state index in [1.165, 1.54) is 18.4 Å². The van der Waals surface area contributed by atoms with E-state index in [2.05, 4.69) is 31.7 Å². The number of carboxylic acid groups (broad SMARTS) is 2. The minimum Gasteiger partial charge on any atom is -0.491 e. The number of para-hydroxylation sites is 1. The Kier molecular flexibility index (Phi) is 9.82. The third kappa shape index (κ3) is 8.88. The predicted octanol–water partition coefficient (Wildman–Crippen LogP) is 2.44. The highest BCUT2D eigenvalue weighted by Gasteiger charge is 2.19. The van der Waals surface area contributed by atoms with Gasteiger partial charge in [0.05, 0.1) is 0 Å². The van der Waals surface area contributed by atoms with Crippen LogP contribution in [0.25, 0.3) is 0 Å². The zero-order valence-corrected chi connectivity index (χ0v) is 16.3. The number of likely N-dealkylation sites (tertiary alicyclic amines) is 1. The maximum absolute atomic E-state index is 10.2. The van der Waals surface area contributed by atoms with Crippen LogP contribution in [0.15, 0.2) is 24.3 Å². The number of aliphatic hydroxyl groups is 1. The summed E-state index contributed by atoms with van der Waals surface area (Å²) in [5, 5.41) is 25.0. The van der Waals surface area contributed by atoms with Crippen LogP contribution in [0.2, 0.25) is 0 Å². The molecule has 0 radical (unpaired) electrons. The quantitative estimate of drug-likeness (QED) is 0.650. The lowest BCUT2D eigenvalue weighted by Gasteiger charge is -2.31. The van der Waals surface area contributed by atoms with Crippen molar-refractivity contribution < 1.29 is 29.6 Å². The fourth-order valence-electron chi connectivity index (χ4n) is 2.87. The van der Waals surface area contributed by atoms with Crippen LogP contribution in [0, 0.1) is 5.92 Å². The number of β-amino-alcohol motifs (C(OH)–C–C–N with tert-alkyl or cyclic N) is 1. The van der Waals surface area contributed by atoms with Gasteiger partial charge in [-0.3, -0.25) is 0 Å². The van der Waals surface area contributed by atoms with E-state index in [1.807, 2.05) is 18.2 Å². The van der Waals surface area contributed by atoms with Crippen molar-refractivity contribution in [1.29, 1.82) is 0 Å². The van der Waals surface area contributed by atoms with Crippen LogP contribution < -0.4 is 4.74 Å². The van der Waals surface area contributed by atoms with Crippen LogP contribution in [0.3, 0.4) is 0 Å². The Morgan fingerprint density at radius 1 is 1.15 bits per heavy atom. The minimum atomic E-state index is -1.82. The molecule has 0 amide bonds. The summed E-state index contributed by atoms with van der Waals surface area (Å²) in [6.07, 6.45) is 2.06. The largest absolute Gasteiger partial charge is 0.491 e. The van der Waals surface area contributed by atoms with E-state index in [9.17, 15) is 5.11 Å². The number of aliphatic carboxylic acids is 2. The molecule has 1 atom stereocenters. The van der Waals surface area contributed by atoms with Gasteiger partial charge < -0.3 is 25.0 Å². The fraction of sp³-hybridized carbons (Fsp3) is 0.600. The standard InChI is InChI=1S/C18H29NO2.C2H2O4/c1-14(2)17-6-4-5-7-18(17)21-13-16(20)12-19-10-8-15(3)9-11-19;3-1(4)2(5)6/h4-7,14-16,20H,8-13H2,1-3H3;(H,3,4)(H,5,6). The third-order valence-electron chi connectivity index (χ3n) is 4.50. The average Bonchev–Trinajstić information content (AvgIpc) is 2.62. The molecule has 2 rings (SSSR count). The first kappa shape index (κ1) is 22.9. The van der Waals surface area contributed by atoms with Crippen molar-refractivity contribution in [2.75, 3.05) is 26.2 Å². The van der Waals surface area contributed by atoms with Crippen molar-refractivity contribution in [1.82, 2.24) is 4.90 Å². The molecular weight excluding hydrogens is 350 g/mol. The summed E-state index contributed by atoms with van der Waals surface area (Å²) < 4.78 is 5.85. The third-order valence-corrected chi connectivity index (χ3v) is 4.50. The topological polar surface area (TPSA) is 107 Å². The SMILES string of the molecule is CC1CCN(CC(O)COc2ccccc2C(C)C)CC1.O=C(O)C(=O)O. The molecule has 152 valence electrons. The molecular formula is C20H31NO6. The second kappa shape index (κ2) is 11.6. The number of carbonyl (C=O) groups is 2. The first-order chi connectivity index (χ1) is 12.7. The highest BCUT2D eigenvalue weighted by molar-refractivity contribution is 6.27. The Morgan fingerprint density at radius 3 is 2.22 bits per heavy atom. The summed E-state index contributed by atoms with van der Waals surface area (Å²) in [6.45, 7) is 9.91. The lowest BCUT2D eigenvalue weighted by atomic mass is 9.99. The van der Waals surface area contributed by atoms with Gasteiger partial charge in [0, 0.05) is 6.54 Å². The number of rotatable bonds is 6. The summed E-state index contributed by atoms with van der Waals surface area (Å²) in [6, 6.07) is 8.11. The van der Waals surface area contributed by atoms with E-state index >= 15 is 0 Å². The van der Waals surface area contributed by atoms with Crippen molar-refractivity contribution >= 4 is 11.9 Å². The van der Waals surface area contributed by atoms with E-state index in [0.717, 1.165) is 31.3 Å². The van der Waals surface area contributed by atoms with Crippen LogP contribution in [0.1, 0.15) is 45.1 Å². The van der Waals surface area contributed by atoms with Crippen molar-refractivity contribution in [2.45, 2.75) is 45.6 Å². The maximum atomic E-state index is 10.2. The number of benzene rings is 1. The molecule has 1 aromatic rings. The minimum absolute atomic E-state index is 0.371. The normalized spacial score (nSPS) is 16.3. The molecule has 0 saturated carbocycles. The van der Waals surface area contributed by atoms with E-state index in [0.29, 0.717) is 12.5 Å². The summed E-state index contributed by atoms with van der Waals surface area (Å²) in [5.41, 5.74) is 1.21. The van der Waals surface area contributed by atoms with Gasteiger partial charge in [0.2, 0.25) is 0 Å². The van der Waals surface area contributed by atoms with E-state index < -0.39 is 18.0 Å². The molecule has 1 unspecified atom stereocenters. The number of nitrogens with zero attached hydrogens (tertiary/aromatic N) is 1. The summed E-state index contributed by atoms with van der Waals surface area (Å²) >= 11 is 0. The zero-order chi connectivity index (χ0) is 20.4.